The van der Waals surface area contributed by atoms with Gasteiger partial charge < -0.3 is 0 Å². The Balaban J connectivity index is 1.82. The van der Waals surface area contributed by atoms with Gasteiger partial charge in [0.05, 0.1) is 17.1 Å². The molecule has 1 heterocycles. The van der Waals surface area contributed by atoms with Crippen LogP contribution in [0.4, 0.5) is 4.39 Å². The topological polar surface area (TPSA) is 89.8 Å². The Morgan fingerprint density at radius 3 is 2.71 bits per heavy atom. The largest absolute Gasteiger partial charge is 0.241 e. The molecule has 0 aliphatic rings. The average Bonchev–Trinajstić information content (AvgIpc) is 3.02. The lowest BCUT2D eigenvalue weighted by molar-refractivity contribution is 0.577. The van der Waals surface area contributed by atoms with Crippen molar-refractivity contribution < 1.29 is 12.8 Å². The van der Waals surface area contributed by atoms with Crippen LogP contribution in [0.3, 0.4) is 0 Å². The molecule has 7 nitrogen and oxygen atoms in total. The molecule has 2 aromatic carbocycles. The summed E-state index contributed by atoms with van der Waals surface area (Å²) in [7, 11) is -3.78. The molecule has 124 valence electrons. The number of tetrazole rings is 1. The summed E-state index contributed by atoms with van der Waals surface area (Å²) in [6.07, 6.45) is 0. The summed E-state index contributed by atoms with van der Waals surface area (Å²) in [6.45, 7) is -0.168. The zero-order valence-corrected chi connectivity index (χ0v) is 13.7. The first-order chi connectivity index (χ1) is 11.5. The molecule has 1 N–H and O–H groups in total. The SMILES string of the molecule is O=S(=O)(NCc1nnnn1-c1cccc(F)c1)c1cccc(Cl)c1. The molecule has 3 rings (SSSR count). The van der Waals surface area contributed by atoms with Crippen molar-refractivity contribution in [2.24, 2.45) is 0 Å². The number of nitrogens with zero attached hydrogens (tertiary/aromatic N) is 4. The number of rotatable bonds is 5. The van der Waals surface area contributed by atoms with Gasteiger partial charge in [0.25, 0.3) is 0 Å². The van der Waals surface area contributed by atoms with E-state index >= 15 is 0 Å². The van der Waals surface area contributed by atoms with Crippen molar-refractivity contribution in [3.63, 3.8) is 0 Å². The van der Waals surface area contributed by atoms with Crippen molar-refractivity contribution in [1.82, 2.24) is 24.9 Å². The third-order valence-corrected chi connectivity index (χ3v) is 4.75. The highest BCUT2D eigenvalue weighted by Crippen LogP contribution is 2.16. The van der Waals surface area contributed by atoms with Gasteiger partial charge in [-0.05, 0) is 46.8 Å². The van der Waals surface area contributed by atoms with Crippen molar-refractivity contribution >= 4 is 21.6 Å². The summed E-state index contributed by atoms with van der Waals surface area (Å²) in [4.78, 5) is 0.0276. The second-order valence-electron chi connectivity index (χ2n) is 4.77. The van der Waals surface area contributed by atoms with Gasteiger partial charge in [-0.15, -0.1) is 5.10 Å². The number of sulfonamides is 1. The Hall–Kier alpha value is -2.36. The van der Waals surface area contributed by atoms with Crippen LogP contribution in [-0.4, -0.2) is 28.6 Å². The Labute approximate surface area is 142 Å². The molecule has 0 aliphatic heterocycles. The second-order valence-corrected chi connectivity index (χ2v) is 6.97. The van der Waals surface area contributed by atoms with Gasteiger partial charge in [0.1, 0.15) is 5.82 Å². The lowest BCUT2D eigenvalue weighted by Crippen LogP contribution is -2.25. The van der Waals surface area contributed by atoms with Gasteiger partial charge in [0, 0.05) is 5.02 Å². The number of benzene rings is 2. The van der Waals surface area contributed by atoms with E-state index < -0.39 is 15.8 Å². The maximum absolute atomic E-state index is 13.3. The third kappa shape index (κ3) is 3.58. The zero-order valence-electron chi connectivity index (χ0n) is 12.1. The van der Waals surface area contributed by atoms with Gasteiger partial charge >= 0.3 is 0 Å². The van der Waals surface area contributed by atoms with E-state index in [-0.39, 0.29) is 17.3 Å². The number of aromatic nitrogens is 4. The Bertz CT molecular complexity index is 977. The fraction of sp³-hybridized carbons (Fsp3) is 0.0714. The summed E-state index contributed by atoms with van der Waals surface area (Å²) < 4.78 is 41.5. The molecule has 0 fully saturated rings. The van der Waals surface area contributed by atoms with Crippen LogP contribution >= 0.6 is 11.6 Å². The Morgan fingerprint density at radius 1 is 1.17 bits per heavy atom. The van der Waals surface area contributed by atoms with E-state index in [9.17, 15) is 12.8 Å². The summed E-state index contributed by atoms with van der Waals surface area (Å²) in [5.41, 5.74) is 0.386. The van der Waals surface area contributed by atoms with Crippen molar-refractivity contribution in [3.05, 3.63) is 65.2 Å². The highest BCUT2D eigenvalue weighted by Gasteiger charge is 2.17. The van der Waals surface area contributed by atoms with E-state index in [1.54, 1.807) is 12.1 Å². The van der Waals surface area contributed by atoms with E-state index in [4.69, 9.17) is 11.6 Å². The van der Waals surface area contributed by atoms with Crippen molar-refractivity contribution in [1.29, 1.82) is 0 Å². The number of nitrogens with one attached hydrogen (secondary N) is 1. The fourth-order valence-corrected chi connectivity index (χ4v) is 3.28. The second kappa shape index (κ2) is 6.63. The molecule has 3 aromatic rings. The number of halogens is 2. The van der Waals surface area contributed by atoms with Crippen LogP contribution in [-0.2, 0) is 16.6 Å². The quantitative estimate of drug-likeness (QED) is 0.744. The van der Waals surface area contributed by atoms with Gasteiger partial charge in [-0.1, -0.05) is 23.7 Å². The van der Waals surface area contributed by atoms with Gasteiger partial charge in [-0.2, -0.15) is 4.68 Å². The van der Waals surface area contributed by atoms with Gasteiger partial charge in [-0.3, -0.25) is 0 Å². The molecule has 0 atom stereocenters. The maximum atomic E-state index is 13.3. The lowest BCUT2D eigenvalue weighted by atomic mass is 10.3. The Morgan fingerprint density at radius 2 is 1.96 bits per heavy atom. The highest BCUT2D eigenvalue weighted by atomic mass is 35.5. The average molecular weight is 368 g/mol. The van der Waals surface area contributed by atoms with Crippen LogP contribution in [0.5, 0.6) is 0 Å². The smallest absolute Gasteiger partial charge is 0.207 e. The molecule has 10 heteroatoms. The normalized spacial score (nSPS) is 11.6. The first-order valence-corrected chi connectivity index (χ1v) is 8.60. The van der Waals surface area contributed by atoms with Crippen LogP contribution < -0.4 is 4.72 Å². The molecule has 0 amide bonds. The molecule has 24 heavy (non-hydrogen) atoms. The van der Waals surface area contributed by atoms with Crippen LogP contribution in [0.15, 0.2) is 53.4 Å². The predicted molar refractivity (Wildman–Crippen MR) is 84.6 cm³/mol. The molecule has 0 unspecified atom stereocenters. The van der Waals surface area contributed by atoms with Gasteiger partial charge in [0.15, 0.2) is 5.82 Å². The highest BCUT2D eigenvalue weighted by molar-refractivity contribution is 7.89. The van der Waals surface area contributed by atoms with Crippen molar-refractivity contribution in [3.8, 4) is 5.69 Å². The van der Waals surface area contributed by atoms with Crippen LogP contribution in [0.2, 0.25) is 5.02 Å². The predicted octanol–water partition coefficient (Wildman–Crippen LogP) is 1.93. The van der Waals surface area contributed by atoms with Crippen molar-refractivity contribution in [2.45, 2.75) is 11.4 Å². The monoisotopic (exact) mass is 367 g/mol. The minimum atomic E-state index is -3.78. The Kier molecular flexibility index (Phi) is 4.56. The van der Waals surface area contributed by atoms with Crippen LogP contribution in [0.1, 0.15) is 5.82 Å². The molecular weight excluding hydrogens is 357 g/mol. The van der Waals surface area contributed by atoms with E-state index in [2.05, 4.69) is 20.2 Å². The van der Waals surface area contributed by atoms with E-state index in [1.807, 2.05) is 0 Å². The van der Waals surface area contributed by atoms with Crippen molar-refractivity contribution in [2.75, 3.05) is 0 Å². The number of hydrogen-bond acceptors (Lipinski definition) is 5. The van der Waals surface area contributed by atoms with Gasteiger partial charge in [-0.25, -0.2) is 17.5 Å². The lowest BCUT2D eigenvalue weighted by Gasteiger charge is -2.08. The summed E-state index contributed by atoms with van der Waals surface area (Å²) in [5, 5.41) is 11.3. The molecule has 0 spiro atoms. The number of hydrogen-bond donors (Lipinski definition) is 1. The summed E-state index contributed by atoms with van der Waals surface area (Å²) in [6, 6.07) is 11.5. The molecule has 0 saturated heterocycles. The first kappa shape index (κ1) is 16.5. The van der Waals surface area contributed by atoms with E-state index in [0.717, 1.165) is 0 Å². The molecule has 0 aliphatic carbocycles. The van der Waals surface area contributed by atoms with E-state index in [0.29, 0.717) is 10.7 Å². The van der Waals surface area contributed by atoms with Crippen LogP contribution in [0, 0.1) is 5.82 Å². The first-order valence-electron chi connectivity index (χ1n) is 6.74. The van der Waals surface area contributed by atoms with Gasteiger partial charge in [0.2, 0.25) is 10.0 Å². The molecule has 1 aromatic heterocycles. The minimum absolute atomic E-state index is 0.0276. The zero-order chi connectivity index (χ0) is 17.2. The summed E-state index contributed by atoms with van der Waals surface area (Å²) >= 11 is 5.81. The van der Waals surface area contributed by atoms with Crippen LogP contribution in [0.25, 0.3) is 5.69 Å². The molecule has 0 bridgehead atoms. The maximum Gasteiger partial charge on any atom is 0.241 e. The molecule has 0 radical (unpaired) electrons. The van der Waals surface area contributed by atoms with E-state index in [1.165, 1.54) is 41.1 Å². The third-order valence-electron chi connectivity index (χ3n) is 3.11. The standard InChI is InChI=1S/C14H11ClFN5O2S/c15-10-3-1-6-13(7-10)24(22,23)17-9-14-18-19-20-21(14)12-5-2-4-11(16)8-12/h1-8,17H,9H2. The fourth-order valence-electron chi connectivity index (χ4n) is 2.00. The summed E-state index contributed by atoms with van der Waals surface area (Å²) in [5.74, 6) is -0.236. The molecular formula is C14H11ClFN5O2S. The minimum Gasteiger partial charge on any atom is -0.207 e. The molecule has 0 saturated carbocycles.